The third-order valence-electron chi connectivity index (χ3n) is 3.30. The van der Waals surface area contributed by atoms with E-state index in [2.05, 4.69) is 24.3 Å². The van der Waals surface area contributed by atoms with Crippen LogP contribution in [0.15, 0.2) is 24.3 Å². The number of hydrogen-bond donors (Lipinski definition) is 0. The summed E-state index contributed by atoms with van der Waals surface area (Å²) in [6, 6.07) is 8.43. The summed E-state index contributed by atoms with van der Waals surface area (Å²) in [5.74, 6) is 1.49. The minimum Gasteiger partial charge on any atom is -0.494 e. The summed E-state index contributed by atoms with van der Waals surface area (Å²) in [6.07, 6.45) is 4.96. The maximum Gasteiger partial charge on any atom is 0.119 e. The van der Waals surface area contributed by atoms with Crippen LogP contribution in [0.25, 0.3) is 0 Å². The third kappa shape index (κ3) is 2.70. The van der Waals surface area contributed by atoms with Crippen molar-refractivity contribution in [3.63, 3.8) is 0 Å². The molecule has 0 radical (unpaired) electrons. The Morgan fingerprint density at radius 2 is 1.88 bits per heavy atom. The Morgan fingerprint density at radius 3 is 2.50 bits per heavy atom. The molecule has 0 spiro atoms. The SMILES string of the molecule is CCOc1ccc(C2CCCCC2Cl)cc1. The van der Waals surface area contributed by atoms with Gasteiger partial charge in [0.25, 0.3) is 0 Å². The number of rotatable bonds is 3. The lowest BCUT2D eigenvalue weighted by Crippen LogP contribution is -2.17. The third-order valence-corrected chi connectivity index (χ3v) is 3.82. The zero-order chi connectivity index (χ0) is 11.4. The van der Waals surface area contributed by atoms with Crippen molar-refractivity contribution in [2.24, 2.45) is 0 Å². The summed E-state index contributed by atoms with van der Waals surface area (Å²) >= 11 is 6.39. The summed E-state index contributed by atoms with van der Waals surface area (Å²) < 4.78 is 5.44. The van der Waals surface area contributed by atoms with E-state index in [0.717, 1.165) is 18.8 Å². The highest BCUT2D eigenvalue weighted by Gasteiger charge is 2.24. The van der Waals surface area contributed by atoms with E-state index in [4.69, 9.17) is 16.3 Å². The van der Waals surface area contributed by atoms with Crippen LogP contribution in [0, 0.1) is 0 Å². The van der Waals surface area contributed by atoms with Crippen LogP contribution < -0.4 is 4.74 Å². The van der Waals surface area contributed by atoms with Crippen molar-refractivity contribution in [3.05, 3.63) is 29.8 Å². The van der Waals surface area contributed by atoms with Crippen molar-refractivity contribution in [2.75, 3.05) is 6.61 Å². The largest absolute Gasteiger partial charge is 0.494 e. The molecule has 1 fully saturated rings. The van der Waals surface area contributed by atoms with Crippen LogP contribution in [-0.4, -0.2) is 12.0 Å². The molecule has 0 amide bonds. The number of halogens is 1. The maximum atomic E-state index is 6.39. The van der Waals surface area contributed by atoms with Crippen LogP contribution in [0.5, 0.6) is 5.75 Å². The van der Waals surface area contributed by atoms with E-state index in [1.54, 1.807) is 0 Å². The average molecular weight is 239 g/mol. The first kappa shape index (κ1) is 11.8. The lowest BCUT2D eigenvalue weighted by Gasteiger charge is -2.27. The maximum absolute atomic E-state index is 6.39. The van der Waals surface area contributed by atoms with Gasteiger partial charge in [0.05, 0.1) is 6.61 Å². The summed E-state index contributed by atoms with van der Waals surface area (Å²) in [5.41, 5.74) is 1.36. The van der Waals surface area contributed by atoms with Gasteiger partial charge in [-0.05, 0) is 37.5 Å². The molecule has 1 aromatic rings. The molecular formula is C14H19ClO. The van der Waals surface area contributed by atoms with Gasteiger partial charge in [-0.15, -0.1) is 11.6 Å². The molecule has 1 aliphatic rings. The molecule has 1 aliphatic carbocycles. The summed E-state index contributed by atoms with van der Waals surface area (Å²) in [5, 5.41) is 0.312. The number of ether oxygens (including phenoxy) is 1. The smallest absolute Gasteiger partial charge is 0.119 e. The van der Waals surface area contributed by atoms with Gasteiger partial charge in [0, 0.05) is 11.3 Å². The van der Waals surface area contributed by atoms with E-state index in [-0.39, 0.29) is 0 Å². The molecule has 2 unspecified atom stereocenters. The van der Waals surface area contributed by atoms with Crippen molar-refractivity contribution < 1.29 is 4.74 Å². The molecule has 0 aliphatic heterocycles. The normalized spacial score (nSPS) is 25.4. The quantitative estimate of drug-likeness (QED) is 0.712. The minimum absolute atomic E-state index is 0.312. The van der Waals surface area contributed by atoms with Crippen LogP contribution in [-0.2, 0) is 0 Å². The topological polar surface area (TPSA) is 9.23 Å². The summed E-state index contributed by atoms with van der Waals surface area (Å²) in [4.78, 5) is 0. The standard InChI is InChI=1S/C14H19ClO/c1-2-16-12-9-7-11(8-10-12)13-5-3-4-6-14(13)15/h7-10,13-14H,2-6H2,1H3. The molecule has 0 heterocycles. The summed E-state index contributed by atoms with van der Waals surface area (Å²) in [6.45, 7) is 2.73. The molecule has 0 bridgehead atoms. The molecule has 16 heavy (non-hydrogen) atoms. The minimum atomic E-state index is 0.312. The first-order valence-corrected chi connectivity index (χ1v) is 6.61. The number of benzene rings is 1. The average Bonchev–Trinajstić information content (AvgIpc) is 2.31. The second-order valence-electron chi connectivity index (χ2n) is 4.41. The Morgan fingerprint density at radius 1 is 1.19 bits per heavy atom. The Balaban J connectivity index is 2.08. The van der Waals surface area contributed by atoms with Gasteiger partial charge < -0.3 is 4.74 Å². The first-order chi connectivity index (χ1) is 7.81. The Kier molecular flexibility index (Phi) is 4.11. The van der Waals surface area contributed by atoms with Gasteiger partial charge in [-0.3, -0.25) is 0 Å². The Labute approximate surface area is 103 Å². The summed E-state index contributed by atoms with van der Waals surface area (Å²) in [7, 11) is 0. The molecule has 1 nitrogen and oxygen atoms in total. The van der Waals surface area contributed by atoms with Crippen molar-refractivity contribution in [3.8, 4) is 5.75 Å². The van der Waals surface area contributed by atoms with Gasteiger partial charge in [-0.1, -0.05) is 25.0 Å². The lowest BCUT2D eigenvalue weighted by atomic mass is 9.84. The Bertz CT molecular complexity index is 320. The zero-order valence-electron chi connectivity index (χ0n) is 9.79. The molecule has 0 aromatic heterocycles. The fourth-order valence-corrected chi connectivity index (χ4v) is 2.86. The van der Waals surface area contributed by atoms with Crippen LogP contribution in [0.1, 0.15) is 44.1 Å². The van der Waals surface area contributed by atoms with Crippen LogP contribution in [0.3, 0.4) is 0 Å². The van der Waals surface area contributed by atoms with Crippen molar-refractivity contribution in [2.45, 2.75) is 43.9 Å². The predicted octanol–water partition coefficient (Wildman–Crippen LogP) is 4.35. The molecule has 88 valence electrons. The van der Waals surface area contributed by atoms with E-state index in [0.29, 0.717) is 11.3 Å². The van der Waals surface area contributed by atoms with E-state index in [1.807, 2.05) is 6.92 Å². The molecule has 1 aromatic carbocycles. The van der Waals surface area contributed by atoms with Gasteiger partial charge >= 0.3 is 0 Å². The van der Waals surface area contributed by atoms with E-state index in [9.17, 15) is 0 Å². The number of alkyl halides is 1. The van der Waals surface area contributed by atoms with Crippen LogP contribution in [0.2, 0.25) is 0 Å². The second kappa shape index (κ2) is 5.58. The zero-order valence-corrected chi connectivity index (χ0v) is 10.5. The second-order valence-corrected chi connectivity index (χ2v) is 4.97. The predicted molar refractivity (Wildman–Crippen MR) is 68.5 cm³/mol. The first-order valence-electron chi connectivity index (χ1n) is 6.18. The van der Waals surface area contributed by atoms with Crippen LogP contribution >= 0.6 is 11.6 Å². The number of hydrogen-bond acceptors (Lipinski definition) is 1. The van der Waals surface area contributed by atoms with Crippen molar-refractivity contribution in [1.82, 2.24) is 0 Å². The van der Waals surface area contributed by atoms with Gasteiger partial charge in [-0.2, -0.15) is 0 Å². The van der Waals surface area contributed by atoms with Gasteiger partial charge in [0.2, 0.25) is 0 Å². The molecule has 2 heteroatoms. The molecule has 0 saturated heterocycles. The fourth-order valence-electron chi connectivity index (χ4n) is 2.44. The van der Waals surface area contributed by atoms with E-state index < -0.39 is 0 Å². The van der Waals surface area contributed by atoms with Gasteiger partial charge in [0.1, 0.15) is 5.75 Å². The fraction of sp³-hybridized carbons (Fsp3) is 0.571. The highest BCUT2D eigenvalue weighted by molar-refractivity contribution is 6.21. The van der Waals surface area contributed by atoms with E-state index >= 15 is 0 Å². The molecule has 2 rings (SSSR count). The van der Waals surface area contributed by atoms with E-state index in [1.165, 1.54) is 24.8 Å². The van der Waals surface area contributed by atoms with Crippen molar-refractivity contribution >= 4 is 11.6 Å². The van der Waals surface area contributed by atoms with Gasteiger partial charge in [0.15, 0.2) is 0 Å². The highest BCUT2D eigenvalue weighted by atomic mass is 35.5. The van der Waals surface area contributed by atoms with Crippen molar-refractivity contribution in [1.29, 1.82) is 0 Å². The molecule has 2 atom stereocenters. The monoisotopic (exact) mass is 238 g/mol. The highest BCUT2D eigenvalue weighted by Crippen LogP contribution is 2.36. The Hall–Kier alpha value is -0.690. The molecule has 1 saturated carbocycles. The van der Waals surface area contributed by atoms with Gasteiger partial charge in [-0.25, -0.2) is 0 Å². The lowest BCUT2D eigenvalue weighted by molar-refractivity contribution is 0.340. The molecule has 0 N–H and O–H groups in total. The molecular weight excluding hydrogens is 220 g/mol. The van der Waals surface area contributed by atoms with Crippen LogP contribution in [0.4, 0.5) is 0 Å².